The van der Waals surface area contributed by atoms with Crippen molar-refractivity contribution in [3.05, 3.63) is 41.2 Å². The van der Waals surface area contributed by atoms with Crippen LogP contribution in [0.3, 0.4) is 0 Å². The maximum atomic E-state index is 13.1. The predicted molar refractivity (Wildman–Crippen MR) is 66.5 cm³/mol. The van der Waals surface area contributed by atoms with Crippen molar-refractivity contribution >= 4 is 5.57 Å². The first-order chi connectivity index (χ1) is 7.16. The topological polar surface area (TPSA) is 0 Å². The highest BCUT2D eigenvalue weighted by atomic mass is 19.1. The van der Waals surface area contributed by atoms with Gasteiger partial charge in [0.2, 0.25) is 0 Å². The van der Waals surface area contributed by atoms with Crippen LogP contribution in [0, 0.1) is 6.92 Å². The fourth-order valence-corrected chi connectivity index (χ4v) is 1.53. The molecule has 0 saturated heterocycles. The fraction of sp³-hybridized carbons (Fsp3) is 0.429. The van der Waals surface area contributed by atoms with Crippen LogP contribution in [0.25, 0.3) is 5.57 Å². The zero-order valence-corrected chi connectivity index (χ0v) is 10.4. The standard InChI is InChI=1S/C12H15F.C2H6/c1-4-11(10(3)13)12-8-6-5-7-9(12)2;1-2/h5-8H,4H2,1-3H3;1-2H3/b11-10+;. The number of allylic oxidation sites excluding steroid dienone is 2. The minimum absolute atomic E-state index is 0.0724. The van der Waals surface area contributed by atoms with E-state index in [2.05, 4.69) is 0 Å². The van der Waals surface area contributed by atoms with Crippen molar-refractivity contribution in [3.8, 4) is 0 Å². The summed E-state index contributed by atoms with van der Waals surface area (Å²) in [5.41, 5.74) is 2.99. The van der Waals surface area contributed by atoms with Crippen molar-refractivity contribution in [1.82, 2.24) is 0 Å². The molecule has 0 heterocycles. The van der Waals surface area contributed by atoms with Gasteiger partial charge in [0.25, 0.3) is 0 Å². The molecule has 0 aliphatic carbocycles. The molecule has 0 atom stereocenters. The second-order valence-electron chi connectivity index (χ2n) is 3.18. The molecule has 0 radical (unpaired) electrons. The zero-order chi connectivity index (χ0) is 11.8. The van der Waals surface area contributed by atoms with E-state index in [-0.39, 0.29) is 5.83 Å². The third-order valence-electron chi connectivity index (χ3n) is 2.24. The van der Waals surface area contributed by atoms with Crippen molar-refractivity contribution in [2.45, 2.75) is 41.0 Å². The average Bonchev–Trinajstić information content (AvgIpc) is 2.24. The molecule has 0 bridgehead atoms. The second kappa shape index (κ2) is 7.22. The first-order valence-electron chi connectivity index (χ1n) is 5.58. The maximum absolute atomic E-state index is 13.1. The van der Waals surface area contributed by atoms with Crippen LogP contribution in [0.15, 0.2) is 30.1 Å². The summed E-state index contributed by atoms with van der Waals surface area (Å²) < 4.78 is 13.1. The Morgan fingerprint density at radius 1 is 1.20 bits per heavy atom. The molecule has 15 heavy (non-hydrogen) atoms. The summed E-state index contributed by atoms with van der Waals surface area (Å²) >= 11 is 0. The number of halogens is 1. The molecule has 0 unspecified atom stereocenters. The Morgan fingerprint density at radius 2 is 1.73 bits per heavy atom. The monoisotopic (exact) mass is 208 g/mol. The molecule has 0 amide bonds. The van der Waals surface area contributed by atoms with Crippen molar-refractivity contribution in [3.63, 3.8) is 0 Å². The molecular formula is C14H21F. The van der Waals surface area contributed by atoms with Crippen molar-refractivity contribution < 1.29 is 4.39 Å². The van der Waals surface area contributed by atoms with E-state index in [4.69, 9.17) is 0 Å². The van der Waals surface area contributed by atoms with Gasteiger partial charge in [0.05, 0.1) is 0 Å². The summed E-state index contributed by atoms with van der Waals surface area (Å²) in [5.74, 6) is -0.0724. The van der Waals surface area contributed by atoms with Gasteiger partial charge in [-0.2, -0.15) is 0 Å². The first kappa shape index (κ1) is 13.9. The van der Waals surface area contributed by atoms with Gasteiger partial charge in [-0.15, -0.1) is 0 Å². The number of hydrogen-bond acceptors (Lipinski definition) is 0. The van der Waals surface area contributed by atoms with E-state index in [1.165, 1.54) is 6.92 Å². The lowest BCUT2D eigenvalue weighted by atomic mass is 9.98. The first-order valence-corrected chi connectivity index (χ1v) is 5.58. The molecular weight excluding hydrogens is 187 g/mol. The quantitative estimate of drug-likeness (QED) is 0.632. The number of aryl methyl sites for hydroxylation is 1. The Balaban J connectivity index is 0.000000921. The van der Waals surface area contributed by atoms with Crippen LogP contribution in [0.2, 0.25) is 0 Å². The molecule has 0 fully saturated rings. The van der Waals surface area contributed by atoms with E-state index in [1.807, 2.05) is 52.0 Å². The Kier molecular flexibility index (Phi) is 6.68. The zero-order valence-electron chi connectivity index (χ0n) is 10.4. The summed E-state index contributed by atoms with van der Waals surface area (Å²) in [4.78, 5) is 0. The summed E-state index contributed by atoms with van der Waals surface area (Å²) in [6.45, 7) is 9.50. The molecule has 1 aromatic rings. The van der Waals surface area contributed by atoms with E-state index in [1.54, 1.807) is 0 Å². The maximum Gasteiger partial charge on any atom is 0.101 e. The lowest BCUT2D eigenvalue weighted by Crippen LogP contribution is -1.88. The summed E-state index contributed by atoms with van der Waals surface area (Å²) in [6.07, 6.45) is 0.743. The lowest BCUT2D eigenvalue weighted by molar-refractivity contribution is 0.640. The highest BCUT2D eigenvalue weighted by Gasteiger charge is 2.05. The smallest absolute Gasteiger partial charge is 0.101 e. The van der Waals surface area contributed by atoms with Crippen LogP contribution >= 0.6 is 0 Å². The number of benzene rings is 1. The Labute approximate surface area is 92.8 Å². The normalized spacial score (nSPS) is 11.3. The predicted octanol–water partition coefficient (Wildman–Crippen LogP) is 5.13. The molecule has 1 aromatic carbocycles. The van der Waals surface area contributed by atoms with Crippen LogP contribution in [0.5, 0.6) is 0 Å². The van der Waals surface area contributed by atoms with E-state index in [0.29, 0.717) is 0 Å². The minimum Gasteiger partial charge on any atom is -0.212 e. The SMILES string of the molecule is CC.CC/C(=C(/C)F)c1ccccc1C. The van der Waals surface area contributed by atoms with E-state index in [0.717, 1.165) is 23.1 Å². The van der Waals surface area contributed by atoms with Crippen molar-refractivity contribution in [2.24, 2.45) is 0 Å². The molecule has 0 aromatic heterocycles. The van der Waals surface area contributed by atoms with E-state index < -0.39 is 0 Å². The van der Waals surface area contributed by atoms with E-state index in [9.17, 15) is 4.39 Å². The average molecular weight is 208 g/mol. The fourth-order valence-electron chi connectivity index (χ4n) is 1.53. The Bertz CT molecular complexity index is 320. The van der Waals surface area contributed by atoms with E-state index >= 15 is 0 Å². The largest absolute Gasteiger partial charge is 0.212 e. The molecule has 1 heteroatoms. The van der Waals surface area contributed by atoms with Crippen LogP contribution in [0.1, 0.15) is 45.2 Å². The molecule has 0 N–H and O–H groups in total. The van der Waals surface area contributed by atoms with Gasteiger partial charge in [0.15, 0.2) is 0 Å². The summed E-state index contributed by atoms with van der Waals surface area (Å²) in [6, 6.07) is 7.89. The van der Waals surface area contributed by atoms with Gasteiger partial charge in [0.1, 0.15) is 5.83 Å². The third-order valence-corrected chi connectivity index (χ3v) is 2.24. The lowest BCUT2D eigenvalue weighted by Gasteiger charge is -2.08. The van der Waals surface area contributed by atoms with Crippen LogP contribution in [0.4, 0.5) is 4.39 Å². The van der Waals surface area contributed by atoms with Crippen molar-refractivity contribution in [1.29, 1.82) is 0 Å². The highest BCUT2D eigenvalue weighted by molar-refractivity contribution is 5.69. The Hall–Kier alpha value is -1.11. The van der Waals surface area contributed by atoms with Gasteiger partial charge in [-0.25, -0.2) is 4.39 Å². The van der Waals surface area contributed by atoms with Gasteiger partial charge < -0.3 is 0 Å². The molecule has 0 aliphatic heterocycles. The molecule has 0 saturated carbocycles. The van der Waals surface area contributed by atoms with Crippen LogP contribution in [-0.2, 0) is 0 Å². The molecule has 1 rings (SSSR count). The van der Waals surface area contributed by atoms with Gasteiger partial charge in [-0.3, -0.25) is 0 Å². The summed E-state index contributed by atoms with van der Waals surface area (Å²) in [7, 11) is 0. The molecule has 0 spiro atoms. The number of rotatable bonds is 2. The highest BCUT2D eigenvalue weighted by Crippen LogP contribution is 2.25. The second-order valence-corrected chi connectivity index (χ2v) is 3.18. The van der Waals surface area contributed by atoms with Crippen LogP contribution < -0.4 is 0 Å². The van der Waals surface area contributed by atoms with Gasteiger partial charge in [0, 0.05) is 0 Å². The van der Waals surface area contributed by atoms with Crippen molar-refractivity contribution in [2.75, 3.05) is 0 Å². The van der Waals surface area contributed by atoms with Gasteiger partial charge >= 0.3 is 0 Å². The Morgan fingerprint density at radius 3 is 2.13 bits per heavy atom. The summed E-state index contributed by atoms with van der Waals surface area (Å²) in [5, 5.41) is 0. The molecule has 0 nitrogen and oxygen atoms in total. The third kappa shape index (κ3) is 3.86. The number of hydrogen-bond donors (Lipinski definition) is 0. The minimum atomic E-state index is -0.0724. The molecule has 84 valence electrons. The molecule has 0 aliphatic rings. The van der Waals surface area contributed by atoms with Gasteiger partial charge in [-0.1, -0.05) is 45.0 Å². The van der Waals surface area contributed by atoms with Gasteiger partial charge in [-0.05, 0) is 37.0 Å². The van der Waals surface area contributed by atoms with Crippen LogP contribution in [-0.4, -0.2) is 0 Å².